The first kappa shape index (κ1) is 21.6. The first-order chi connectivity index (χ1) is 16.0. The van der Waals surface area contributed by atoms with Gasteiger partial charge in [-0.15, -0.1) is 0 Å². The summed E-state index contributed by atoms with van der Waals surface area (Å²) in [5, 5.41) is 7.56. The fourth-order valence-electron chi connectivity index (χ4n) is 3.98. The number of nitrogens with two attached hydrogens (primary N) is 1. The van der Waals surface area contributed by atoms with Gasteiger partial charge in [-0.25, -0.2) is 4.98 Å². The van der Waals surface area contributed by atoms with Gasteiger partial charge in [0.15, 0.2) is 28.5 Å². The second kappa shape index (κ2) is 8.95. The molecule has 3 aromatic heterocycles. The smallest absolute Gasteiger partial charge is 0.312 e. The Labute approximate surface area is 194 Å². The van der Waals surface area contributed by atoms with Crippen molar-refractivity contribution in [3.05, 3.63) is 46.4 Å². The number of benzene rings is 1. The molecule has 0 aliphatic carbocycles. The highest BCUT2D eigenvalue weighted by Crippen LogP contribution is 2.40. The van der Waals surface area contributed by atoms with Crippen molar-refractivity contribution in [1.29, 1.82) is 0 Å². The van der Waals surface area contributed by atoms with E-state index in [9.17, 15) is 4.39 Å². The number of nitrogens with zero attached hydrogens (tertiary/aromatic N) is 4. The molecule has 0 amide bonds. The van der Waals surface area contributed by atoms with E-state index >= 15 is 0 Å². The van der Waals surface area contributed by atoms with E-state index in [1.165, 1.54) is 0 Å². The van der Waals surface area contributed by atoms with Crippen molar-refractivity contribution in [2.45, 2.75) is 26.8 Å². The van der Waals surface area contributed by atoms with Crippen molar-refractivity contribution in [2.24, 2.45) is 5.92 Å². The molecular formula is C23H25FN6O2S. The number of fused-ring (bicyclic) bond motifs is 2. The Hall–Kier alpha value is -3.24. The molecule has 0 radical (unpaired) electrons. The fraction of sp³-hybridized carbons (Fsp3) is 0.348. The van der Waals surface area contributed by atoms with E-state index < -0.39 is 6.08 Å². The molecule has 1 aromatic carbocycles. The molecule has 0 unspecified atom stereocenters. The van der Waals surface area contributed by atoms with Gasteiger partial charge in [0.05, 0.1) is 0 Å². The van der Waals surface area contributed by atoms with Crippen molar-refractivity contribution in [3.8, 4) is 22.6 Å². The van der Waals surface area contributed by atoms with Crippen molar-refractivity contribution >= 4 is 28.3 Å². The van der Waals surface area contributed by atoms with Crippen LogP contribution in [-0.4, -0.2) is 39.4 Å². The van der Waals surface area contributed by atoms with Gasteiger partial charge in [0.25, 0.3) is 0 Å². The second-order valence-corrected chi connectivity index (χ2v) is 9.16. The summed E-state index contributed by atoms with van der Waals surface area (Å²) in [7, 11) is 0. The fourth-order valence-corrected chi connectivity index (χ4v) is 4.63. The van der Waals surface area contributed by atoms with E-state index in [0.717, 1.165) is 34.8 Å². The minimum absolute atomic E-state index is 0.0383. The van der Waals surface area contributed by atoms with Crippen LogP contribution in [0.5, 0.6) is 11.5 Å². The molecule has 1 aliphatic heterocycles. The number of aromatic nitrogens is 4. The van der Waals surface area contributed by atoms with E-state index in [-0.39, 0.29) is 12.6 Å². The molecular weight excluding hydrogens is 443 g/mol. The Bertz CT molecular complexity index is 1290. The number of nitrogen functional groups attached to an aromatic ring is 1. The van der Waals surface area contributed by atoms with Gasteiger partial charge < -0.3 is 25.1 Å². The van der Waals surface area contributed by atoms with Gasteiger partial charge in [0.2, 0.25) is 6.79 Å². The summed E-state index contributed by atoms with van der Waals surface area (Å²) in [5.41, 5.74) is 9.97. The summed E-state index contributed by atoms with van der Waals surface area (Å²) < 4.78 is 27.2. The van der Waals surface area contributed by atoms with E-state index in [2.05, 4.69) is 40.6 Å². The average Bonchev–Trinajstić information content (AvgIpc) is 3.51. The van der Waals surface area contributed by atoms with Gasteiger partial charge in [0.1, 0.15) is 5.82 Å². The second-order valence-electron chi connectivity index (χ2n) is 8.38. The number of ether oxygens (including phenoxy) is 2. The summed E-state index contributed by atoms with van der Waals surface area (Å²) in [4.78, 5) is 12.4. The quantitative estimate of drug-likeness (QED) is 0.299. The maximum absolute atomic E-state index is 14.0. The molecule has 1 aliphatic rings. The summed E-state index contributed by atoms with van der Waals surface area (Å²) in [6.07, 6.45) is -0.367. The summed E-state index contributed by atoms with van der Waals surface area (Å²) in [6.45, 7) is 6.67. The third-order valence-electron chi connectivity index (χ3n) is 5.52. The molecule has 8 nitrogen and oxygen atoms in total. The van der Waals surface area contributed by atoms with Crippen LogP contribution >= 0.6 is 11.3 Å². The Morgan fingerprint density at radius 3 is 2.79 bits per heavy atom. The molecule has 5 rings (SSSR count). The van der Waals surface area contributed by atoms with Crippen molar-refractivity contribution in [1.82, 2.24) is 24.8 Å². The Kier molecular flexibility index (Phi) is 5.86. The monoisotopic (exact) mass is 468 g/mol. The predicted molar refractivity (Wildman–Crippen MR) is 126 cm³/mol. The number of imidazole rings is 1. The van der Waals surface area contributed by atoms with Crippen molar-refractivity contribution in [2.75, 3.05) is 25.6 Å². The van der Waals surface area contributed by atoms with E-state index in [0.29, 0.717) is 42.3 Å². The lowest BCUT2D eigenvalue weighted by atomic mass is 9.98. The van der Waals surface area contributed by atoms with E-state index in [1.54, 1.807) is 11.3 Å². The molecule has 0 fully saturated rings. The van der Waals surface area contributed by atoms with Crippen LogP contribution in [0, 0.1) is 12.0 Å². The standard InChI is InChI=1S/C23H25FN6O2S/c1-13(2)10-26-4-5-30-19(27-20-21(25)28-23(24)29-22(20)30)8-15-7-17-18(32-12-31-17)9-16(15)14-3-6-33-11-14/h3,6-7,9,11,13,26H,4-5,8,10,12H2,1-2H3,(H2,25,28,29). The maximum atomic E-state index is 14.0. The zero-order valence-electron chi connectivity index (χ0n) is 18.5. The largest absolute Gasteiger partial charge is 0.454 e. The lowest BCUT2D eigenvalue weighted by Crippen LogP contribution is -2.25. The van der Waals surface area contributed by atoms with Crippen LogP contribution in [0.3, 0.4) is 0 Å². The number of hydrogen-bond donors (Lipinski definition) is 2. The maximum Gasteiger partial charge on any atom is 0.312 e. The molecule has 0 saturated carbocycles. The topological polar surface area (TPSA) is 100 Å². The summed E-state index contributed by atoms with van der Waals surface area (Å²) >= 11 is 1.63. The number of nitrogens with one attached hydrogen (secondary N) is 1. The first-order valence-electron chi connectivity index (χ1n) is 10.8. The summed E-state index contributed by atoms with van der Waals surface area (Å²) in [5.74, 6) is 2.73. The lowest BCUT2D eigenvalue weighted by molar-refractivity contribution is 0.174. The van der Waals surface area contributed by atoms with Gasteiger partial charge in [0, 0.05) is 19.5 Å². The van der Waals surface area contributed by atoms with Crippen LogP contribution in [0.25, 0.3) is 22.3 Å². The van der Waals surface area contributed by atoms with Gasteiger partial charge >= 0.3 is 6.08 Å². The van der Waals surface area contributed by atoms with Crippen LogP contribution in [0.4, 0.5) is 10.2 Å². The highest BCUT2D eigenvalue weighted by Gasteiger charge is 2.22. The van der Waals surface area contributed by atoms with Crippen LogP contribution in [0.15, 0.2) is 29.0 Å². The number of halogens is 1. The molecule has 10 heteroatoms. The van der Waals surface area contributed by atoms with E-state index in [4.69, 9.17) is 20.2 Å². The minimum Gasteiger partial charge on any atom is -0.454 e. The van der Waals surface area contributed by atoms with Gasteiger partial charge in [-0.3, -0.25) is 0 Å². The van der Waals surface area contributed by atoms with Crippen molar-refractivity contribution in [3.63, 3.8) is 0 Å². The highest BCUT2D eigenvalue weighted by atomic mass is 32.1. The third kappa shape index (κ3) is 4.36. The Balaban J connectivity index is 1.56. The van der Waals surface area contributed by atoms with Gasteiger partial charge in [-0.05, 0) is 58.1 Å². The molecule has 33 heavy (non-hydrogen) atoms. The average molecular weight is 469 g/mol. The highest BCUT2D eigenvalue weighted by molar-refractivity contribution is 7.08. The first-order valence-corrected chi connectivity index (χ1v) is 11.8. The predicted octanol–water partition coefficient (Wildman–Crippen LogP) is 3.84. The van der Waals surface area contributed by atoms with Crippen molar-refractivity contribution < 1.29 is 13.9 Å². The zero-order valence-corrected chi connectivity index (χ0v) is 19.3. The third-order valence-corrected chi connectivity index (χ3v) is 6.20. The molecule has 0 saturated heterocycles. The lowest BCUT2D eigenvalue weighted by Gasteiger charge is -2.13. The van der Waals surface area contributed by atoms with Gasteiger partial charge in [-0.2, -0.15) is 25.7 Å². The molecule has 4 heterocycles. The number of thiophene rings is 1. The van der Waals surface area contributed by atoms with Crippen LogP contribution in [0.2, 0.25) is 0 Å². The van der Waals surface area contributed by atoms with Gasteiger partial charge in [-0.1, -0.05) is 13.8 Å². The number of rotatable bonds is 8. The van der Waals surface area contributed by atoms with E-state index in [1.807, 2.05) is 22.1 Å². The van der Waals surface area contributed by atoms with Crippen LogP contribution < -0.4 is 20.5 Å². The minimum atomic E-state index is -0.857. The molecule has 0 bridgehead atoms. The molecule has 4 aromatic rings. The molecule has 172 valence electrons. The Morgan fingerprint density at radius 1 is 1.21 bits per heavy atom. The number of hydrogen-bond acceptors (Lipinski definition) is 8. The SMILES string of the molecule is CC(C)CNCCn1c(Cc2cc3c(cc2-c2ccsc2)OCO3)nc2c(N)nc(F)nc21. The zero-order chi connectivity index (χ0) is 22.9. The molecule has 0 spiro atoms. The number of anilines is 1. The summed E-state index contributed by atoms with van der Waals surface area (Å²) in [6, 6.07) is 6.07. The molecule has 0 atom stereocenters. The Morgan fingerprint density at radius 2 is 2.03 bits per heavy atom. The normalized spacial score (nSPS) is 12.8. The van der Waals surface area contributed by atoms with Crippen LogP contribution in [-0.2, 0) is 13.0 Å². The van der Waals surface area contributed by atoms with Crippen LogP contribution in [0.1, 0.15) is 25.2 Å². The molecule has 3 N–H and O–H groups in total.